The van der Waals surface area contributed by atoms with Crippen LogP contribution in [0.15, 0.2) is 66.1 Å². The minimum Gasteiger partial charge on any atom is -0.391 e. The van der Waals surface area contributed by atoms with Crippen LogP contribution >= 0.6 is 0 Å². The standard InChI is InChI=1S/C39H57N5O6S/c1-7-9-18-33(38(48)44-34(21-26(3)4)35(45)23-28(8-2)36(46)42-24-27(5)6)43-37(47)31(25-51(49,50)39-40-19-13-20-41-39)22-30-16-12-15-29-14-10-11-17-32(29)30/h10-17,19-20,26-28,31,33-35,45H,7-9,18,21-25H2,1-6H3,(H,42,46)(H,43,47)(H,44,48)/t28-,31-,33+,34+,35+/m1/s1. The lowest BCUT2D eigenvalue weighted by Gasteiger charge is -2.30. The molecule has 0 saturated carbocycles. The average molecular weight is 724 g/mol. The van der Waals surface area contributed by atoms with E-state index in [0.717, 1.165) is 22.8 Å². The highest BCUT2D eigenvalue weighted by atomic mass is 32.2. The molecular weight excluding hydrogens is 667 g/mol. The highest BCUT2D eigenvalue weighted by Crippen LogP contribution is 2.24. The summed E-state index contributed by atoms with van der Waals surface area (Å²) in [5.41, 5.74) is 0.801. The number of nitrogens with zero attached hydrogens (tertiary/aromatic N) is 2. The highest BCUT2D eigenvalue weighted by Gasteiger charge is 2.34. The smallest absolute Gasteiger partial charge is 0.247 e. The number of hydrogen-bond acceptors (Lipinski definition) is 8. The van der Waals surface area contributed by atoms with E-state index >= 15 is 0 Å². The van der Waals surface area contributed by atoms with Gasteiger partial charge >= 0.3 is 0 Å². The van der Waals surface area contributed by atoms with Crippen LogP contribution in [0.4, 0.5) is 0 Å². The van der Waals surface area contributed by atoms with Crippen LogP contribution in [-0.4, -0.2) is 71.7 Å². The van der Waals surface area contributed by atoms with Crippen molar-refractivity contribution in [1.82, 2.24) is 25.9 Å². The number of sulfone groups is 1. The first-order valence-corrected chi connectivity index (χ1v) is 19.9. The highest BCUT2D eigenvalue weighted by molar-refractivity contribution is 7.91. The number of amides is 3. The van der Waals surface area contributed by atoms with E-state index in [1.165, 1.54) is 18.5 Å². The Labute approximate surface area is 303 Å². The van der Waals surface area contributed by atoms with Gasteiger partial charge in [0.15, 0.2) is 0 Å². The lowest BCUT2D eigenvalue weighted by Crippen LogP contribution is -2.54. The number of hydrogen-bond donors (Lipinski definition) is 4. The SMILES string of the molecule is CCCC[C@H](NC(=O)[C@H](Cc1cccc2ccccc12)CS(=O)(=O)c1ncccn1)C(=O)N[C@@H](CC(C)C)[C@@H](O)C[C@@H](CC)C(=O)NCC(C)C. The van der Waals surface area contributed by atoms with E-state index in [1.54, 1.807) is 0 Å². The maximum atomic E-state index is 14.1. The minimum absolute atomic E-state index is 0.104. The molecule has 0 fully saturated rings. The third-order valence-electron chi connectivity index (χ3n) is 9.03. The van der Waals surface area contributed by atoms with Crippen LogP contribution in [0.2, 0.25) is 0 Å². The van der Waals surface area contributed by atoms with Gasteiger partial charge < -0.3 is 21.1 Å². The number of fused-ring (bicyclic) bond motifs is 1. The number of aliphatic hydroxyl groups is 1. The molecule has 0 saturated heterocycles. The van der Waals surface area contributed by atoms with E-state index in [4.69, 9.17) is 0 Å². The van der Waals surface area contributed by atoms with Gasteiger partial charge in [-0.05, 0) is 66.3 Å². The first-order valence-electron chi connectivity index (χ1n) is 18.3. The van der Waals surface area contributed by atoms with Crippen LogP contribution in [0, 0.1) is 23.7 Å². The summed E-state index contributed by atoms with van der Waals surface area (Å²) in [5, 5.41) is 21.7. The summed E-state index contributed by atoms with van der Waals surface area (Å²) in [6.07, 6.45) is 4.68. The van der Waals surface area contributed by atoms with Crippen LogP contribution in [-0.2, 0) is 30.6 Å². The summed E-state index contributed by atoms with van der Waals surface area (Å²) < 4.78 is 27.0. The molecule has 1 heterocycles. The van der Waals surface area contributed by atoms with Crippen LogP contribution in [0.25, 0.3) is 10.8 Å². The second kappa shape index (κ2) is 20.2. The fourth-order valence-corrected chi connectivity index (χ4v) is 7.57. The number of carbonyl (C=O) groups is 3. The number of rotatable bonds is 21. The fourth-order valence-electron chi connectivity index (χ4n) is 6.18. The Morgan fingerprint density at radius 2 is 1.49 bits per heavy atom. The molecule has 51 heavy (non-hydrogen) atoms. The summed E-state index contributed by atoms with van der Waals surface area (Å²) in [6, 6.07) is 13.3. The van der Waals surface area contributed by atoms with E-state index < -0.39 is 57.4 Å². The molecule has 5 atom stereocenters. The van der Waals surface area contributed by atoms with Crippen molar-refractivity contribution in [3.63, 3.8) is 0 Å². The topological polar surface area (TPSA) is 167 Å². The van der Waals surface area contributed by atoms with Crippen LogP contribution in [0.5, 0.6) is 0 Å². The van der Waals surface area contributed by atoms with Crippen molar-refractivity contribution in [2.75, 3.05) is 12.3 Å². The zero-order valence-electron chi connectivity index (χ0n) is 31.0. The lowest BCUT2D eigenvalue weighted by atomic mass is 9.90. The van der Waals surface area contributed by atoms with E-state index in [0.29, 0.717) is 32.2 Å². The molecular formula is C39H57N5O6S. The average Bonchev–Trinajstić information content (AvgIpc) is 3.10. The number of benzene rings is 2. The van der Waals surface area contributed by atoms with Gasteiger partial charge in [0, 0.05) is 24.9 Å². The van der Waals surface area contributed by atoms with E-state index in [1.807, 2.05) is 84.0 Å². The van der Waals surface area contributed by atoms with Gasteiger partial charge in [0.1, 0.15) is 6.04 Å². The molecule has 0 aliphatic heterocycles. The Balaban J connectivity index is 1.88. The predicted molar refractivity (Wildman–Crippen MR) is 200 cm³/mol. The normalized spacial score (nSPS) is 14.8. The van der Waals surface area contributed by atoms with Gasteiger partial charge in [-0.2, -0.15) is 0 Å². The molecule has 4 N–H and O–H groups in total. The molecule has 0 bridgehead atoms. The minimum atomic E-state index is -4.07. The number of unbranched alkanes of at least 4 members (excludes halogenated alkanes) is 1. The van der Waals surface area contributed by atoms with Crippen molar-refractivity contribution in [1.29, 1.82) is 0 Å². The molecule has 0 unspecified atom stereocenters. The molecule has 3 rings (SSSR count). The fraction of sp³-hybridized carbons (Fsp3) is 0.564. The number of nitrogens with one attached hydrogen (secondary N) is 3. The van der Waals surface area contributed by atoms with Gasteiger partial charge in [0.05, 0.1) is 23.8 Å². The van der Waals surface area contributed by atoms with Crippen LogP contribution < -0.4 is 16.0 Å². The molecule has 3 aromatic rings. The third kappa shape index (κ3) is 13.0. The Hall–Kier alpha value is -3.90. The zero-order valence-corrected chi connectivity index (χ0v) is 31.8. The van der Waals surface area contributed by atoms with Gasteiger partial charge in [0.2, 0.25) is 32.7 Å². The van der Waals surface area contributed by atoms with Crippen molar-refractivity contribution in [2.24, 2.45) is 23.7 Å². The largest absolute Gasteiger partial charge is 0.391 e. The van der Waals surface area contributed by atoms with Crippen molar-refractivity contribution < 1.29 is 27.9 Å². The van der Waals surface area contributed by atoms with Crippen molar-refractivity contribution in [2.45, 2.75) is 110 Å². The molecule has 12 heteroatoms. The van der Waals surface area contributed by atoms with E-state index in [9.17, 15) is 27.9 Å². The summed E-state index contributed by atoms with van der Waals surface area (Å²) in [6.45, 7) is 12.4. The molecule has 1 aromatic heterocycles. The maximum absolute atomic E-state index is 14.1. The quantitative estimate of drug-likeness (QED) is 0.111. The Morgan fingerprint density at radius 1 is 0.804 bits per heavy atom. The monoisotopic (exact) mass is 723 g/mol. The molecule has 280 valence electrons. The van der Waals surface area contributed by atoms with Gasteiger partial charge in [0.25, 0.3) is 0 Å². The van der Waals surface area contributed by atoms with E-state index in [-0.39, 0.29) is 35.7 Å². The number of aromatic nitrogens is 2. The molecule has 0 aliphatic rings. The van der Waals surface area contributed by atoms with Crippen LogP contribution in [0.1, 0.15) is 85.6 Å². The van der Waals surface area contributed by atoms with Gasteiger partial charge in [-0.25, -0.2) is 18.4 Å². The third-order valence-corrected chi connectivity index (χ3v) is 10.6. The Morgan fingerprint density at radius 3 is 2.14 bits per heavy atom. The molecule has 2 aromatic carbocycles. The zero-order chi connectivity index (χ0) is 37.6. The summed E-state index contributed by atoms with van der Waals surface area (Å²) in [7, 11) is -4.07. The number of carbonyl (C=O) groups excluding carboxylic acids is 3. The summed E-state index contributed by atoms with van der Waals surface area (Å²) in [5.74, 6) is -2.79. The first kappa shape index (κ1) is 41.5. The van der Waals surface area contributed by atoms with Crippen LogP contribution in [0.3, 0.4) is 0 Å². The Bertz CT molecular complexity index is 1660. The molecule has 0 radical (unpaired) electrons. The van der Waals surface area contributed by atoms with Gasteiger partial charge in [-0.1, -0.05) is 96.8 Å². The molecule has 3 amide bonds. The van der Waals surface area contributed by atoms with E-state index in [2.05, 4.69) is 25.9 Å². The Kier molecular flexibility index (Phi) is 16.5. The maximum Gasteiger partial charge on any atom is 0.247 e. The molecule has 0 spiro atoms. The second-order valence-corrected chi connectivity index (χ2v) is 16.3. The second-order valence-electron chi connectivity index (χ2n) is 14.3. The summed E-state index contributed by atoms with van der Waals surface area (Å²) in [4.78, 5) is 48.8. The van der Waals surface area contributed by atoms with Gasteiger partial charge in [-0.3, -0.25) is 14.4 Å². The first-order chi connectivity index (χ1) is 24.2. The van der Waals surface area contributed by atoms with Crippen molar-refractivity contribution in [3.8, 4) is 0 Å². The summed E-state index contributed by atoms with van der Waals surface area (Å²) >= 11 is 0. The van der Waals surface area contributed by atoms with Gasteiger partial charge in [-0.15, -0.1) is 0 Å². The number of aliphatic hydroxyl groups excluding tert-OH is 1. The predicted octanol–water partition coefficient (Wildman–Crippen LogP) is 5.02. The van der Waals surface area contributed by atoms with Crippen molar-refractivity contribution in [3.05, 3.63) is 66.5 Å². The molecule has 11 nitrogen and oxygen atoms in total. The van der Waals surface area contributed by atoms with Crippen molar-refractivity contribution >= 4 is 38.3 Å². The molecule has 0 aliphatic carbocycles. The lowest BCUT2D eigenvalue weighted by molar-refractivity contribution is -0.132.